The molecule has 1 amide bonds. The van der Waals surface area contributed by atoms with Gasteiger partial charge in [0.05, 0.1) is 11.8 Å². The summed E-state index contributed by atoms with van der Waals surface area (Å²) in [6, 6.07) is 0. The van der Waals surface area contributed by atoms with Gasteiger partial charge in [0.1, 0.15) is 0 Å². The highest BCUT2D eigenvalue weighted by Crippen LogP contribution is 2.25. The van der Waals surface area contributed by atoms with Crippen molar-refractivity contribution in [3.63, 3.8) is 0 Å². The van der Waals surface area contributed by atoms with E-state index in [1.807, 2.05) is 0 Å². The maximum atomic E-state index is 13.1. The van der Waals surface area contributed by atoms with Crippen LogP contribution < -0.4 is 11.1 Å². The Balaban J connectivity index is 2.71. The second kappa shape index (κ2) is 2.55. The average molecular weight is 178 g/mol. The van der Waals surface area contributed by atoms with Crippen molar-refractivity contribution in [3.05, 3.63) is 29.3 Å². The summed E-state index contributed by atoms with van der Waals surface area (Å²) in [6.07, 6.45) is 3.89. The second-order valence-corrected chi connectivity index (χ2v) is 2.53. The summed E-state index contributed by atoms with van der Waals surface area (Å²) in [6.45, 7) is 0. The predicted octanol–water partition coefficient (Wildman–Crippen LogP) is 0.540. The maximum Gasteiger partial charge on any atom is 0.252 e. The van der Waals surface area contributed by atoms with E-state index in [0.29, 0.717) is 11.4 Å². The van der Waals surface area contributed by atoms with Crippen molar-refractivity contribution in [2.45, 2.75) is 0 Å². The molecule has 0 unspecified atom stereocenters. The molecule has 5 heteroatoms. The monoisotopic (exact) mass is 178 g/mol. The maximum absolute atomic E-state index is 13.1. The van der Waals surface area contributed by atoms with Crippen molar-refractivity contribution in [1.29, 1.82) is 0 Å². The van der Waals surface area contributed by atoms with E-state index < -0.39 is 11.7 Å². The van der Waals surface area contributed by atoms with Crippen LogP contribution in [0.3, 0.4) is 0 Å². The lowest BCUT2D eigenvalue weighted by atomic mass is 10.1. The predicted molar refractivity (Wildman–Crippen MR) is 43.5 cm³/mol. The first-order valence-electron chi connectivity index (χ1n) is 3.56. The first kappa shape index (κ1) is 7.72. The van der Waals surface area contributed by atoms with Gasteiger partial charge >= 0.3 is 0 Å². The molecule has 0 aromatic carbocycles. The first-order valence-corrected chi connectivity index (χ1v) is 3.56. The molecule has 1 aliphatic rings. The molecule has 0 fully saturated rings. The summed E-state index contributed by atoms with van der Waals surface area (Å²) in [5, 5.41) is 3.82. The SMILES string of the molecule is NC(=O)c1c(F)cnc2c1C=C[N]2. The number of amides is 1. The van der Waals surface area contributed by atoms with Crippen LogP contribution in [0.15, 0.2) is 12.4 Å². The molecule has 0 aliphatic carbocycles. The zero-order valence-corrected chi connectivity index (χ0v) is 6.49. The molecule has 4 nitrogen and oxygen atoms in total. The topological polar surface area (TPSA) is 70.1 Å². The highest BCUT2D eigenvalue weighted by atomic mass is 19.1. The zero-order chi connectivity index (χ0) is 9.42. The Morgan fingerprint density at radius 2 is 2.31 bits per heavy atom. The fraction of sp³-hybridized carbons (Fsp3) is 0. The van der Waals surface area contributed by atoms with E-state index in [-0.39, 0.29) is 5.56 Å². The van der Waals surface area contributed by atoms with Crippen molar-refractivity contribution >= 4 is 17.8 Å². The van der Waals surface area contributed by atoms with Crippen LogP contribution in [-0.2, 0) is 0 Å². The molecule has 0 saturated carbocycles. The molecule has 0 spiro atoms. The minimum absolute atomic E-state index is 0.150. The van der Waals surface area contributed by atoms with Gasteiger partial charge in [-0.05, 0) is 6.08 Å². The summed E-state index contributed by atoms with van der Waals surface area (Å²) >= 11 is 0. The van der Waals surface area contributed by atoms with Gasteiger partial charge in [-0.2, -0.15) is 0 Å². The fourth-order valence-electron chi connectivity index (χ4n) is 1.19. The van der Waals surface area contributed by atoms with Crippen LogP contribution in [0.25, 0.3) is 6.08 Å². The summed E-state index contributed by atoms with van der Waals surface area (Å²) in [5.41, 5.74) is 5.21. The molecule has 13 heavy (non-hydrogen) atoms. The quantitative estimate of drug-likeness (QED) is 0.681. The number of carbonyl (C=O) groups excluding carboxylic acids is 1. The van der Waals surface area contributed by atoms with E-state index in [1.165, 1.54) is 12.3 Å². The Hall–Kier alpha value is -1.91. The van der Waals surface area contributed by atoms with Gasteiger partial charge in [-0.15, -0.1) is 0 Å². The second-order valence-electron chi connectivity index (χ2n) is 2.53. The number of rotatable bonds is 1. The molecule has 2 heterocycles. The van der Waals surface area contributed by atoms with Crippen LogP contribution in [0, 0.1) is 5.82 Å². The van der Waals surface area contributed by atoms with Gasteiger partial charge < -0.3 is 5.73 Å². The summed E-state index contributed by atoms with van der Waals surface area (Å²) < 4.78 is 13.1. The van der Waals surface area contributed by atoms with E-state index in [4.69, 9.17) is 5.73 Å². The highest BCUT2D eigenvalue weighted by molar-refractivity contribution is 5.98. The van der Waals surface area contributed by atoms with Gasteiger partial charge in [-0.3, -0.25) is 4.79 Å². The number of nitrogens with zero attached hydrogens (tertiary/aromatic N) is 2. The smallest absolute Gasteiger partial charge is 0.252 e. The molecule has 1 aliphatic heterocycles. The Bertz CT molecular complexity index is 414. The third kappa shape index (κ3) is 1.05. The average Bonchev–Trinajstić information content (AvgIpc) is 2.50. The van der Waals surface area contributed by atoms with E-state index in [1.54, 1.807) is 0 Å². The van der Waals surface area contributed by atoms with Crippen molar-refractivity contribution in [2.75, 3.05) is 0 Å². The number of primary amides is 1. The molecule has 2 rings (SSSR count). The van der Waals surface area contributed by atoms with Gasteiger partial charge in [0.25, 0.3) is 5.91 Å². The third-order valence-electron chi connectivity index (χ3n) is 1.73. The van der Waals surface area contributed by atoms with Crippen LogP contribution in [0.5, 0.6) is 0 Å². The Morgan fingerprint density at radius 1 is 1.54 bits per heavy atom. The lowest BCUT2D eigenvalue weighted by Crippen LogP contribution is -2.15. The van der Waals surface area contributed by atoms with Crippen molar-refractivity contribution in [2.24, 2.45) is 5.73 Å². The molecule has 2 N–H and O–H groups in total. The molecule has 1 aromatic rings. The number of fused-ring (bicyclic) bond motifs is 1. The highest BCUT2D eigenvalue weighted by Gasteiger charge is 2.20. The lowest BCUT2D eigenvalue weighted by Gasteiger charge is -2.02. The van der Waals surface area contributed by atoms with Gasteiger partial charge in [0.2, 0.25) is 0 Å². The number of aromatic nitrogens is 1. The van der Waals surface area contributed by atoms with Crippen molar-refractivity contribution < 1.29 is 9.18 Å². The minimum atomic E-state index is -0.807. The first-order chi connectivity index (χ1) is 6.20. The van der Waals surface area contributed by atoms with Crippen LogP contribution in [0.2, 0.25) is 0 Å². The number of pyridine rings is 1. The number of halogens is 1. The molecule has 0 saturated heterocycles. The van der Waals surface area contributed by atoms with E-state index in [0.717, 1.165) is 6.20 Å². The number of nitrogens with two attached hydrogens (primary N) is 1. The molecular formula is C8H5FN3O. The standard InChI is InChI=1S/C8H5FN3O/c9-5-3-12-8-4(1-2-11-8)6(5)7(10)13/h1-3H,(H2,10,13). The zero-order valence-electron chi connectivity index (χ0n) is 6.49. The van der Waals surface area contributed by atoms with Gasteiger partial charge in [0.15, 0.2) is 11.6 Å². The normalized spacial score (nSPS) is 12.4. The van der Waals surface area contributed by atoms with Crippen LogP contribution in [0.4, 0.5) is 10.2 Å². The van der Waals surface area contributed by atoms with E-state index >= 15 is 0 Å². The van der Waals surface area contributed by atoms with Gasteiger partial charge in [-0.25, -0.2) is 14.7 Å². The van der Waals surface area contributed by atoms with Gasteiger partial charge in [-0.1, -0.05) is 0 Å². The molecule has 0 bridgehead atoms. The van der Waals surface area contributed by atoms with E-state index in [2.05, 4.69) is 10.3 Å². The van der Waals surface area contributed by atoms with Crippen molar-refractivity contribution in [3.8, 4) is 0 Å². The lowest BCUT2D eigenvalue weighted by molar-refractivity contribution is 0.0996. The summed E-state index contributed by atoms with van der Waals surface area (Å²) in [5.74, 6) is -1.19. The van der Waals surface area contributed by atoms with Crippen LogP contribution in [0.1, 0.15) is 15.9 Å². The van der Waals surface area contributed by atoms with Crippen LogP contribution >= 0.6 is 0 Å². The number of hydrogen-bond acceptors (Lipinski definition) is 2. The molecule has 65 valence electrons. The van der Waals surface area contributed by atoms with E-state index in [9.17, 15) is 9.18 Å². The molecule has 0 atom stereocenters. The van der Waals surface area contributed by atoms with Crippen molar-refractivity contribution in [1.82, 2.24) is 10.3 Å². The Kier molecular flexibility index (Phi) is 1.51. The number of hydrogen-bond donors (Lipinski definition) is 1. The number of carbonyl (C=O) groups is 1. The van der Waals surface area contributed by atoms with Crippen LogP contribution in [-0.4, -0.2) is 10.9 Å². The molecule has 1 aromatic heterocycles. The molecule has 1 radical (unpaired) electrons. The summed E-state index contributed by atoms with van der Waals surface area (Å²) in [7, 11) is 0. The fourth-order valence-corrected chi connectivity index (χ4v) is 1.19. The molecular weight excluding hydrogens is 173 g/mol. The minimum Gasteiger partial charge on any atom is -0.365 e. The third-order valence-corrected chi connectivity index (χ3v) is 1.73. The Labute approximate surface area is 73.3 Å². The largest absolute Gasteiger partial charge is 0.365 e. The summed E-state index contributed by atoms with van der Waals surface area (Å²) in [4.78, 5) is 14.6. The Morgan fingerprint density at radius 3 is 3.00 bits per heavy atom. The van der Waals surface area contributed by atoms with Gasteiger partial charge in [0, 0.05) is 11.8 Å².